The smallest absolute Gasteiger partial charge is 0.288 e. The number of ether oxygens (including phenoxy) is 3. The summed E-state index contributed by atoms with van der Waals surface area (Å²) in [6, 6.07) is 11.4. The molecular weight excluding hydrogens is 538 g/mol. The summed E-state index contributed by atoms with van der Waals surface area (Å²) in [4.78, 5) is 28.3. The molecule has 9 heteroatoms. The van der Waals surface area contributed by atoms with Gasteiger partial charge in [0.25, 0.3) is 5.97 Å². The van der Waals surface area contributed by atoms with Crippen LogP contribution in [0.15, 0.2) is 42.5 Å². The second-order valence-electron chi connectivity index (χ2n) is 6.43. The van der Waals surface area contributed by atoms with E-state index in [0.717, 1.165) is 10.9 Å². The van der Waals surface area contributed by atoms with Crippen LogP contribution in [0.4, 0.5) is 0 Å². The van der Waals surface area contributed by atoms with Gasteiger partial charge in [-0.15, -0.1) is 0 Å². The summed E-state index contributed by atoms with van der Waals surface area (Å²) < 4.78 is 15.6. The van der Waals surface area contributed by atoms with Gasteiger partial charge in [-0.2, -0.15) is 0 Å². The minimum Gasteiger partial charge on any atom is -0.665 e. The predicted molar refractivity (Wildman–Crippen MR) is 103 cm³/mol. The second kappa shape index (κ2) is 11.0. The number of hydrogen-bond acceptors (Lipinski definition) is 5. The maximum Gasteiger partial charge on any atom is 0.288 e. The molecule has 1 unspecified atom stereocenters. The molecular formula is C21H19N2O5Y2-. The topological polar surface area (TPSA) is 101 Å². The molecule has 3 aromatic rings. The molecule has 1 aliphatic heterocycles. The van der Waals surface area contributed by atoms with E-state index >= 15 is 0 Å². The van der Waals surface area contributed by atoms with E-state index in [4.69, 9.17) is 19.9 Å². The van der Waals surface area contributed by atoms with Gasteiger partial charge >= 0.3 is 0 Å². The summed E-state index contributed by atoms with van der Waals surface area (Å²) in [5, 5.41) is 0.813. The Morgan fingerprint density at radius 3 is 2.63 bits per heavy atom. The molecule has 0 fully saturated rings. The number of benzene rings is 2. The molecule has 0 saturated carbocycles. The molecule has 1 atom stereocenters. The molecule has 0 spiro atoms. The van der Waals surface area contributed by atoms with Crippen LogP contribution in [0.1, 0.15) is 28.5 Å². The Balaban J connectivity index is 0.00000160. The first-order valence-corrected chi connectivity index (χ1v) is 9.00. The standard InChI is InChI=1S/C21H19N2O5.2Y/c1-2-26-21(25)15(22)10-14-13-5-3-4-6-16(13)23-19(14)20(24)12-7-8-17-18(9-12)28-11-27-17;;/h3-9,15,22-23H,2,10-11H2,1H3;;/q-1;;. The SMILES string of the molecule is CCOC(=O)C([NH-])Cc1c(C(=O)c2ccc3c(c2)OCO3)[nH]c2ccccc12.[Y].[Y]. The normalized spacial score (nSPS) is 12.6. The van der Waals surface area contributed by atoms with Gasteiger partial charge in [-0.3, -0.25) is 9.59 Å². The Morgan fingerprint density at radius 1 is 1.13 bits per heavy atom. The Labute approximate surface area is 224 Å². The summed E-state index contributed by atoms with van der Waals surface area (Å²) in [5.41, 5.74) is 10.3. The van der Waals surface area contributed by atoms with Crippen molar-refractivity contribution in [3.63, 3.8) is 0 Å². The number of aromatic amines is 1. The third-order valence-corrected chi connectivity index (χ3v) is 4.65. The molecule has 2 heterocycles. The van der Waals surface area contributed by atoms with Gasteiger partial charge in [0.1, 0.15) is 0 Å². The molecule has 0 aliphatic carbocycles. The summed E-state index contributed by atoms with van der Waals surface area (Å²) in [7, 11) is 0. The summed E-state index contributed by atoms with van der Waals surface area (Å²) in [6.45, 7) is 2.04. The Kier molecular flexibility index (Phi) is 9.19. The van der Waals surface area contributed by atoms with E-state index in [2.05, 4.69) is 4.98 Å². The van der Waals surface area contributed by atoms with Crippen molar-refractivity contribution in [3.05, 3.63) is 65.0 Å². The maximum absolute atomic E-state index is 13.2. The third kappa shape index (κ3) is 5.02. The largest absolute Gasteiger partial charge is 0.665 e. The molecule has 2 aromatic carbocycles. The van der Waals surface area contributed by atoms with Crippen LogP contribution in [0.3, 0.4) is 0 Å². The summed E-state index contributed by atoms with van der Waals surface area (Å²) in [6.07, 6.45) is 0.0778. The number of para-hydroxylation sites is 1. The Hall–Kier alpha value is -1.11. The van der Waals surface area contributed by atoms with E-state index in [1.54, 1.807) is 25.1 Å². The van der Waals surface area contributed by atoms with Crippen molar-refractivity contribution in [2.75, 3.05) is 13.4 Å². The number of nitrogens with one attached hydrogen (secondary N) is 2. The molecule has 0 saturated heterocycles. The number of carbonyl (C=O) groups is 2. The van der Waals surface area contributed by atoms with Crippen LogP contribution in [-0.4, -0.2) is 36.2 Å². The van der Waals surface area contributed by atoms with Gasteiger partial charge in [0.15, 0.2) is 11.5 Å². The van der Waals surface area contributed by atoms with E-state index in [0.29, 0.717) is 28.3 Å². The minimum atomic E-state index is -1.11. The fourth-order valence-electron chi connectivity index (χ4n) is 3.32. The van der Waals surface area contributed by atoms with Crippen LogP contribution < -0.4 is 9.47 Å². The van der Waals surface area contributed by atoms with Crippen LogP contribution in [0.5, 0.6) is 11.5 Å². The molecule has 30 heavy (non-hydrogen) atoms. The van der Waals surface area contributed by atoms with E-state index in [-0.39, 0.29) is 91.0 Å². The fraction of sp³-hybridized carbons (Fsp3) is 0.238. The maximum atomic E-state index is 13.2. The third-order valence-electron chi connectivity index (χ3n) is 4.65. The van der Waals surface area contributed by atoms with Gasteiger partial charge in [-0.25, -0.2) is 0 Å². The van der Waals surface area contributed by atoms with Crippen LogP contribution >= 0.6 is 0 Å². The molecule has 1 aliphatic rings. The first-order valence-electron chi connectivity index (χ1n) is 9.00. The number of fused-ring (bicyclic) bond motifs is 2. The predicted octanol–water partition coefficient (Wildman–Crippen LogP) is 3.65. The average molecular weight is 557 g/mol. The first-order chi connectivity index (χ1) is 13.6. The van der Waals surface area contributed by atoms with Gasteiger partial charge in [-0.05, 0) is 49.2 Å². The number of rotatable bonds is 6. The van der Waals surface area contributed by atoms with E-state index in [9.17, 15) is 9.59 Å². The van der Waals surface area contributed by atoms with Gasteiger partial charge in [0.05, 0.1) is 12.3 Å². The van der Waals surface area contributed by atoms with Gasteiger partial charge in [0, 0.05) is 81.9 Å². The molecule has 4 rings (SSSR count). The number of aromatic nitrogens is 1. The van der Waals surface area contributed by atoms with Crippen molar-refractivity contribution in [2.24, 2.45) is 0 Å². The quantitative estimate of drug-likeness (QED) is 0.369. The minimum absolute atomic E-state index is 0. The number of hydrogen-bond donors (Lipinski definition) is 1. The van der Waals surface area contributed by atoms with E-state index < -0.39 is 12.0 Å². The van der Waals surface area contributed by atoms with Crippen molar-refractivity contribution >= 4 is 22.7 Å². The molecule has 7 nitrogen and oxygen atoms in total. The first kappa shape index (κ1) is 25.2. The number of carbonyl (C=O) groups excluding carboxylic acids is 2. The van der Waals surface area contributed by atoms with Crippen molar-refractivity contribution in [1.82, 2.24) is 4.98 Å². The monoisotopic (exact) mass is 557 g/mol. The molecule has 1 aromatic heterocycles. The van der Waals surface area contributed by atoms with E-state index in [1.165, 1.54) is 0 Å². The van der Waals surface area contributed by atoms with Crippen LogP contribution in [0.2, 0.25) is 0 Å². The van der Waals surface area contributed by atoms with Crippen LogP contribution in [0, 0.1) is 0 Å². The van der Waals surface area contributed by atoms with Crippen LogP contribution in [-0.2, 0) is 81.4 Å². The summed E-state index contributed by atoms with van der Waals surface area (Å²) >= 11 is 0. The molecule has 0 bridgehead atoms. The van der Waals surface area contributed by atoms with Crippen molar-refractivity contribution < 1.29 is 89.2 Å². The van der Waals surface area contributed by atoms with Crippen molar-refractivity contribution in [1.29, 1.82) is 0 Å². The Bertz CT molecular complexity index is 1070. The number of H-pyrrole nitrogens is 1. The average Bonchev–Trinajstić information content (AvgIpc) is 3.32. The zero-order valence-corrected chi connectivity index (χ0v) is 22.1. The Morgan fingerprint density at radius 2 is 1.87 bits per heavy atom. The van der Waals surface area contributed by atoms with Crippen molar-refractivity contribution in [2.45, 2.75) is 19.4 Å². The van der Waals surface area contributed by atoms with Gasteiger partial charge in [-0.1, -0.05) is 18.2 Å². The fourth-order valence-corrected chi connectivity index (χ4v) is 3.32. The van der Waals surface area contributed by atoms with Crippen molar-refractivity contribution in [3.8, 4) is 11.5 Å². The van der Waals surface area contributed by atoms with E-state index in [1.807, 2.05) is 24.3 Å². The molecule has 2 radical (unpaired) electrons. The van der Waals surface area contributed by atoms with Gasteiger partial charge in [0.2, 0.25) is 12.6 Å². The zero-order valence-electron chi connectivity index (χ0n) is 16.4. The van der Waals surface area contributed by atoms with Crippen LogP contribution in [0.25, 0.3) is 16.6 Å². The summed E-state index contributed by atoms with van der Waals surface area (Å²) in [5.74, 6) is 0.283. The number of esters is 1. The molecule has 2 N–H and O–H groups in total. The zero-order chi connectivity index (χ0) is 19.7. The second-order valence-corrected chi connectivity index (χ2v) is 6.43. The molecule has 150 valence electrons. The van der Waals surface area contributed by atoms with Gasteiger partial charge < -0.3 is 24.9 Å². The molecule has 0 amide bonds. The number of ketones is 1.